The number of rotatable bonds is 7. The molecule has 0 spiro atoms. The van der Waals surface area contributed by atoms with Crippen molar-refractivity contribution in [1.29, 1.82) is 0 Å². The van der Waals surface area contributed by atoms with Gasteiger partial charge in [0.15, 0.2) is 6.61 Å². The fraction of sp³-hybridized carbons (Fsp3) is 0.350. The molecule has 1 aliphatic heterocycles. The number of halogens is 3. The Balaban J connectivity index is 1.49. The first-order chi connectivity index (χ1) is 13.4. The molecule has 1 N–H and O–H groups in total. The molecule has 1 fully saturated rings. The summed E-state index contributed by atoms with van der Waals surface area (Å²) < 4.78 is 52.2. The molecule has 0 saturated carbocycles. The van der Waals surface area contributed by atoms with Crippen LogP contribution in [0, 0.1) is 0 Å². The van der Waals surface area contributed by atoms with Gasteiger partial charge < -0.3 is 19.5 Å². The first-order valence-electron chi connectivity index (χ1n) is 8.84. The Morgan fingerprint density at radius 1 is 1.04 bits per heavy atom. The molecule has 2 aromatic carbocycles. The fourth-order valence-electron chi connectivity index (χ4n) is 2.67. The highest BCUT2D eigenvalue weighted by atomic mass is 19.4. The summed E-state index contributed by atoms with van der Waals surface area (Å²) in [5.74, 6) is 0.385. The van der Waals surface area contributed by atoms with Crippen molar-refractivity contribution in [1.82, 2.24) is 0 Å². The summed E-state index contributed by atoms with van der Waals surface area (Å²) in [7, 11) is 0. The number of anilines is 1. The number of hydrogen-bond acceptors (Lipinski definition) is 4. The van der Waals surface area contributed by atoms with Crippen LogP contribution in [-0.2, 0) is 4.74 Å². The summed E-state index contributed by atoms with van der Waals surface area (Å²) in [4.78, 5) is 12.3. The molecule has 0 bridgehead atoms. The maximum absolute atomic E-state index is 12.3. The Morgan fingerprint density at radius 3 is 2.29 bits per heavy atom. The molecule has 1 aliphatic rings. The summed E-state index contributed by atoms with van der Waals surface area (Å²) in [5.41, 5.74) is 0.880. The molecular formula is C20H20F3NO4. The third-order valence-electron chi connectivity index (χ3n) is 4.09. The van der Waals surface area contributed by atoms with Gasteiger partial charge in [0.25, 0.3) is 5.91 Å². The highest BCUT2D eigenvalue weighted by Crippen LogP contribution is 2.21. The highest BCUT2D eigenvalue weighted by Gasteiger charge is 2.28. The van der Waals surface area contributed by atoms with E-state index >= 15 is 0 Å². The number of hydrogen-bond donors (Lipinski definition) is 1. The largest absolute Gasteiger partial charge is 0.491 e. The van der Waals surface area contributed by atoms with E-state index in [0.717, 1.165) is 19.4 Å². The van der Waals surface area contributed by atoms with Gasteiger partial charge in [0.1, 0.15) is 18.1 Å². The molecule has 0 aliphatic carbocycles. The minimum Gasteiger partial charge on any atom is -0.491 e. The minimum atomic E-state index is -4.40. The molecule has 28 heavy (non-hydrogen) atoms. The van der Waals surface area contributed by atoms with E-state index in [4.69, 9.17) is 9.47 Å². The van der Waals surface area contributed by atoms with E-state index in [1.54, 1.807) is 24.3 Å². The average molecular weight is 395 g/mol. The zero-order chi connectivity index (χ0) is 20.0. The number of carbonyl (C=O) groups excluding carboxylic acids is 1. The van der Waals surface area contributed by atoms with Crippen LogP contribution in [0.3, 0.4) is 0 Å². The molecule has 2 aromatic rings. The predicted molar refractivity (Wildman–Crippen MR) is 96.9 cm³/mol. The van der Waals surface area contributed by atoms with Gasteiger partial charge in [0.2, 0.25) is 0 Å². The lowest BCUT2D eigenvalue weighted by Gasteiger charge is -2.12. The fourth-order valence-corrected chi connectivity index (χ4v) is 2.67. The predicted octanol–water partition coefficient (Wildman–Crippen LogP) is 4.44. The number of benzene rings is 2. The van der Waals surface area contributed by atoms with Gasteiger partial charge in [-0.25, -0.2) is 0 Å². The van der Waals surface area contributed by atoms with Crippen molar-refractivity contribution in [2.45, 2.75) is 25.1 Å². The second-order valence-corrected chi connectivity index (χ2v) is 6.35. The Bertz CT molecular complexity index is 770. The molecule has 0 radical (unpaired) electrons. The van der Waals surface area contributed by atoms with Crippen LogP contribution in [0.1, 0.15) is 23.2 Å². The smallest absolute Gasteiger partial charge is 0.422 e. The van der Waals surface area contributed by atoms with Crippen molar-refractivity contribution in [2.75, 3.05) is 25.1 Å². The monoisotopic (exact) mass is 395 g/mol. The number of carbonyl (C=O) groups is 1. The highest BCUT2D eigenvalue weighted by molar-refractivity contribution is 6.04. The molecule has 0 aromatic heterocycles. The summed E-state index contributed by atoms with van der Waals surface area (Å²) in [5, 5.41) is 2.68. The summed E-state index contributed by atoms with van der Waals surface area (Å²) in [6.45, 7) is -0.114. The van der Waals surface area contributed by atoms with E-state index in [9.17, 15) is 18.0 Å². The molecular weight excluding hydrogens is 375 g/mol. The van der Waals surface area contributed by atoms with Crippen molar-refractivity contribution in [2.24, 2.45) is 0 Å². The summed E-state index contributed by atoms with van der Waals surface area (Å²) >= 11 is 0. The van der Waals surface area contributed by atoms with Crippen LogP contribution in [0.5, 0.6) is 11.5 Å². The van der Waals surface area contributed by atoms with Crippen LogP contribution in [0.2, 0.25) is 0 Å². The van der Waals surface area contributed by atoms with Gasteiger partial charge in [0.05, 0.1) is 6.10 Å². The van der Waals surface area contributed by atoms with Gasteiger partial charge >= 0.3 is 6.18 Å². The van der Waals surface area contributed by atoms with E-state index in [-0.39, 0.29) is 17.8 Å². The van der Waals surface area contributed by atoms with E-state index in [0.29, 0.717) is 23.6 Å². The van der Waals surface area contributed by atoms with E-state index in [1.807, 2.05) is 0 Å². The quantitative estimate of drug-likeness (QED) is 0.753. The van der Waals surface area contributed by atoms with Crippen molar-refractivity contribution in [3.8, 4) is 11.5 Å². The maximum atomic E-state index is 12.3. The summed E-state index contributed by atoms with van der Waals surface area (Å²) in [6, 6.07) is 12.4. The van der Waals surface area contributed by atoms with Crippen molar-refractivity contribution < 1.29 is 32.2 Å². The van der Waals surface area contributed by atoms with Crippen LogP contribution in [0.25, 0.3) is 0 Å². The summed E-state index contributed by atoms with van der Waals surface area (Å²) in [6.07, 6.45) is -2.25. The first-order valence-corrected chi connectivity index (χ1v) is 8.84. The van der Waals surface area contributed by atoms with Crippen LogP contribution >= 0.6 is 0 Å². The SMILES string of the molecule is O=C(Nc1ccc(OCC(F)(F)F)cc1)c1ccc(OCC2CCCO2)cc1. The first kappa shape index (κ1) is 20.0. The minimum absolute atomic E-state index is 0.0723. The average Bonchev–Trinajstić information content (AvgIpc) is 3.19. The molecule has 1 amide bonds. The Kier molecular flexibility index (Phi) is 6.41. The number of alkyl halides is 3. The normalized spacial score (nSPS) is 16.6. The molecule has 1 unspecified atom stereocenters. The zero-order valence-corrected chi connectivity index (χ0v) is 15.0. The maximum Gasteiger partial charge on any atom is 0.422 e. The van der Waals surface area contributed by atoms with E-state index in [1.165, 1.54) is 24.3 Å². The molecule has 1 saturated heterocycles. The molecule has 3 rings (SSSR count). The zero-order valence-electron chi connectivity index (χ0n) is 15.0. The van der Waals surface area contributed by atoms with Gasteiger partial charge in [-0.2, -0.15) is 13.2 Å². The Labute approximate surface area is 160 Å². The van der Waals surface area contributed by atoms with Gasteiger partial charge in [-0.3, -0.25) is 4.79 Å². The van der Waals surface area contributed by atoms with Crippen LogP contribution in [0.15, 0.2) is 48.5 Å². The lowest BCUT2D eigenvalue weighted by Crippen LogP contribution is -2.19. The lowest BCUT2D eigenvalue weighted by atomic mass is 10.2. The molecule has 150 valence electrons. The van der Waals surface area contributed by atoms with Crippen LogP contribution in [-0.4, -0.2) is 38.0 Å². The molecule has 5 nitrogen and oxygen atoms in total. The molecule has 1 atom stereocenters. The van der Waals surface area contributed by atoms with E-state index < -0.39 is 12.8 Å². The van der Waals surface area contributed by atoms with E-state index in [2.05, 4.69) is 10.1 Å². The lowest BCUT2D eigenvalue weighted by molar-refractivity contribution is -0.153. The number of ether oxygens (including phenoxy) is 3. The number of amides is 1. The van der Waals surface area contributed by atoms with Gasteiger partial charge in [-0.15, -0.1) is 0 Å². The second-order valence-electron chi connectivity index (χ2n) is 6.35. The van der Waals surface area contributed by atoms with Crippen molar-refractivity contribution in [3.05, 3.63) is 54.1 Å². The molecule has 1 heterocycles. The number of nitrogens with one attached hydrogen (secondary N) is 1. The van der Waals surface area contributed by atoms with Crippen molar-refractivity contribution in [3.63, 3.8) is 0 Å². The third kappa shape index (κ3) is 6.16. The topological polar surface area (TPSA) is 56.8 Å². The second kappa shape index (κ2) is 8.97. The third-order valence-corrected chi connectivity index (χ3v) is 4.09. The Morgan fingerprint density at radius 2 is 1.68 bits per heavy atom. The van der Waals surface area contributed by atoms with Crippen molar-refractivity contribution >= 4 is 11.6 Å². The van der Waals surface area contributed by atoms with Crippen LogP contribution in [0.4, 0.5) is 18.9 Å². The van der Waals surface area contributed by atoms with Gasteiger partial charge in [-0.1, -0.05) is 0 Å². The van der Waals surface area contributed by atoms with Gasteiger partial charge in [0, 0.05) is 17.9 Å². The molecule has 8 heteroatoms. The standard InChI is InChI=1S/C20H20F3NO4/c21-20(22,23)13-28-17-9-5-15(6-10-17)24-19(25)14-3-7-16(8-4-14)27-12-18-2-1-11-26-18/h3-10,18H,1-2,11-13H2,(H,24,25). The van der Waals surface area contributed by atoms with Gasteiger partial charge in [-0.05, 0) is 61.4 Å². The van der Waals surface area contributed by atoms with Crippen LogP contribution < -0.4 is 14.8 Å². The Hall–Kier alpha value is -2.74.